The van der Waals surface area contributed by atoms with Crippen LogP contribution in [0.4, 0.5) is 13.2 Å². The van der Waals surface area contributed by atoms with Crippen molar-refractivity contribution in [1.29, 1.82) is 0 Å². The molecule has 0 radical (unpaired) electrons. The molecule has 0 aliphatic heterocycles. The van der Waals surface area contributed by atoms with Crippen LogP contribution in [0.25, 0.3) is 5.82 Å². The number of ether oxygens (including phenoxy) is 1. The van der Waals surface area contributed by atoms with Gasteiger partial charge in [0.25, 0.3) is 0 Å². The minimum atomic E-state index is -4.82. The largest absolute Gasteiger partial charge is 0.465 e. The van der Waals surface area contributed by atoms with Gasteiger partial charge in [0.1, 0.15) is 5.56 Å². The fourth-order valence-electron chi connectivity index (χ4n) is 1.57. The van der Waals surface area contributed by atoms with E-state index in [0.717, 1.165) is 13.3 Å². The van der Waals surface area contributed by atoms with Gasteiger partial charge < -0.3 is 4.74 Å². The van der Waals surface area contributed by atoms with E-state index in [1.807, 2.05) is 0 Å². The van der Waals surface area contributed by atoms with Gasteiger partial charge in [0, 0.05) is 6.20 Å². The van der Waals surface area contributed by atoms with Crippen LogP contribution in [0.3, 0.4) is 0 Å². The van der Waals surface area contributed by atoms with E-state index in [1.54, 1.807) is 0 Å². The van der Waals surface area contributed by atoms with Gasteiger partial charge in [0.15, 0.2) is 11.5 Å². The van der Waals surface area contributed by atoms with E-state index in [0.29, 0.717) is 4.68 Å². The summed E-state index contributed by atoms with van der Waals surface area (Å²) in [7, 11) is 0.980. The lowest BCUT2D eigenvalue weighted by molar-refractivity contribution is -0.143. The average molecular weight is 306 g/mol. The zero-order valence-corrected chi connectivity index (χ0v) is 10.7. The van der Waals surface area contributed by atoms with Gasteiger partial charge >= 0.3 is 12.1 Å². The summed E-state index contributed by atoms with van der Waals surface area (Å²) >= 11 is 5.80. The van der Waals surface area contributed by atoms with Crippen molar-refractivity contribution in [2.45, 2.75) is 6.18 Å². The molecule has 0 amide bonds. The van der Waals surface area contributed by atoms with Crippen molar-refractivity contribution in [3.8, 4) is 5.82 Å². The van der Waals surface area contributed by atoms with E-state index in [2.05, 4.69) is 14.8 Å². The number of aromatic nitrogens is 3. The standard InChI is InChI=1S/C11H7ClF3N3O2/c1-20-10(19)6-5-17-18(8(6)11(13,14)15)9-7(12)3-2-4-16-9/h2-5H,1H3. The number of nitrogens with zero attached hydrogens (tertiary/aromatic N) is 3. The Morgan fingerprint density at radius 3 is 2.70 bits per heavy atom. The highest BCUT2D eigenvalue weighted by Gasteiger charge is 2.41. The maximum Gasteiger partial charge on any atom is 0.434 e. The predicted octanol–water partition coefficient (Wildman–Crippen LogP) is 2.73. The Morgan fingerprint density at radius 1 is 1.45 bits per heavy atom. The molecule has 9 heteroatoms. The second kappa shape index (κ2) is 5.12. The number of halogens is 4. The Bertz CT molecular complexity index is 655. The predicted molar refractivity (Wildman–Crippen MR) is 62.7 cm³/mol. The van der Waals surface area contributed by atoms with E-state index >= 15 is 0 Å². The molecule has 2 rings (SSSR count). The third-order valence-electron chi connectivity index (χ3n) is 2.38. The normalized spacial score (nSPS) is 11.4. The first kappa shape index (κ1) is 14.3. The number of hydrogen-bond acceptors (Lipinski definition) is 4. The second-order valence-electron chi connectivity index (χ2n) is 3.62. The minimum absolute atomic E-state index is 0.0301. The summed E-state index contributed by atoms with van der Waals surface area (Å²) < 4.78 is 44.1. The van der Waals surface area contributed by atoms with Gasteiger partial charge in [-0.15, -0.1) is 0 Å². The molecule has 0 saturated carbocycles. The van der Waals surface area contributed by atoms with Crippen LogP contribution in [-0.2, 0) is 10.9 Å². The molecule has 106 valence electrons. The van der Waals surface area contributed by atoms with Crippen molar-refractivity contribution in [1.82, 2.24) is 14.8 Å². The highest BCUT2D eigenvalue weighted by atomic mass is 35.5. The summed E-state index contributed by atoms with van der Waals surface area (Å²) in [5.74, 6) is -1.37. The Morgan fingerprint density at radius 2 is 2.15 bits per heavy atom. The first-order valence-corrected chi connectivity index (χ1v) is 5.58. The van der Waals surface area contributed by atoms with Crippen LogP contribution in [0, 0.1) is 0 Å². The SMILES string of the molecule is COC(=O)c1cnn(-c2ncccc2Cl)c1C(F)(F)F. The first-order valence-electron chi connectivity index (χ1n) is 5.20. The zero-order valence-electron chi connectivity index (χ0n) is 9.98. The van der Waals surface area contributed by atoms with Crippen molar-refractivity contribution in [2.24, 2.45) is 0 Å². The molecule has 0 aromatic carbocycles. The van der Waals surface area contributed by atoms with Crippen LogP contribution in [-0.4, -0.2) is 27.8 Å². The summed E-state index contributed by atoms with van der Waals surface area (Å²) in [6, 6.07) is 2.83. The van der Waals surface area contributed by atoms with E-state index in [1.165, 1.54) is 18.3 Å². The Kier molecular flexibility index (Phi) is 3.67. The lowest BCUT2D eigenvalue weighted by Gasteiger charge is -2.12. The molecule has 2 aromatic rings. The van der Waals surface area contributed by atoms with Gasteiger partial charge in [0.05, 0.1) is 18.3 Å². The molecule has 0 N–H and O–H groups in total. The van der Waals surface area contributed by atoms with Gasteiger partial charge in [-0.2, -0.15) is 18.3 Å². The van der Waals surface area contributed by atoms with Crippen molar-refractivity contribution >= 4 is 17.6 Å². The number of hydrogen-bond donors (Lipinski definition) is 0. The summed E-state index contributed by atoms with van der Waals surface area (Å²) in [5.41, 5.74) is -1.99. The second-order valence-corrected chi connectivity index (χ2v) is 4.02. The van der Waals surface area contributed by atoms with Crippen molar-refractivity contribution in [2.75, 3.05) is 7.11 Å². The van der Waals surface area contributed by atoms with Gasteiger partial charge in [0.2, 0.25) is 0 Å². The summed E-state index contributed by atoms with van der Waals surface area (Å²) in [5, 5.41) is 3.50. The van der Waals surface area contributed by atoms with Crippen LogP contribution >= 0.6 is 11.6 Å². The summed E-state index contributed by atoms with van der Waals surface area (Å²) in [4.78, 5) is 15.1. The molecule has 5 nitrogen and oxygen atoms in total. The Labute approximate surface area is 115 Å². The molecule has 0 unspecified atom stereocenters. The highest BCUT2D eigenvalue weighted by Crippen LogP contribution is 2.34. The molecule has 20 heavy (non-hydrogen) atoms. The molecule has 0 spiro atoms. The fourth-order valence-corrected chi connectivity index (χ4v) is 1.78. The number of alkyl halides is 3. The molecule has 0 aliphatic carbocycles. The third-order valence-corrected chi connectivity index (χ3v) is 2.68. The lowest BCUT2D eigenvalue weighted by atomic mass is 10.2. The lowest BCUT2D eigenvalue weighted by Crippen LogP contribution is -2.18. The molecule has 0 atom stereocenters. The number of pyridine rings is 1. The number of esters is 1. The van der Waals surface area contributed by atoms with Gasteiger partial charge in [-0.3, -0.25) is 0 Å². The molecule has 2 aromatic heterocycles. The fraction of sp³-hybridized carbons (Fsp3) is 0.182. The van der Waals surface area contributed by atoms with E-state index < -0.39 is 23.4 Å². The van der Waals surface area contributed by atoms with Crippen LogP contribution < -0.4 is 0 Å². The van der Waals surface area contributed by atoms with Gasteiger partial charge in [-0.1, -0.05) is 11.6 Å². The van der Waals surface area contributed by atoms with Gasteiger partial charge in [-0.05, 0) is 12.1 Å². The quantitative estimate of drug-likeness (QED) is 0.801. The van der Waals surface area contributed by atoms with Crippen LogP contribution in [0.2, 0.25) is 5.02 Å². The average Bonchev–Trinajstić information content (AvgIpc) is 2.83. The van der Waals surface area contributed by atoms with Crippen LogP contribution in [0.5, 0.6) is 0 Å². The van der Waals surface area contributed by atoms with Crippen molar-refractivity contribution in [3.05, 3.63) is 40.8 Å². The number of carbonyl (C=O) groups is 1. The molecule has 0 bridgehead atoms. The number of rotatable bonds is 2. The molecule has 0 fully saturated rings. The van der Waals surface area contributed by atoms with Crippen LogP contribution in [0.15, 0.2) is 24.5 Å². The smallest absolute Gasteiger partial charge is 0.434 e. The molecule has 2 heterocycles. The highest BCUT2D eigenvalue weighted by molar-refractivity contribution is 6.32. The van der Waals surface area contributed by atoms with E-state index in [9.17, 15) is 18.0 Å². The maximum absolute atomic E-state index is 13.1. The minimum Gasteiger partial charge on any atom is -0.465 e. The Balaban J connectivity index is 2.70. The Hall–Kier alpha value is -2.09. The molecule has 0 aliphatic rings. The van der Waals surface area contributed by atoms with Crippen molar-refractivity contribution in [3.63, 3.8) is 0 Å². The summed E-state index contributed by atoms with van der Waals surface area (Å²) in [6.07, 6.45) is -2.79. The number of carbonyl (C=O) groups excluding carboxylic acids is 1. The maximum atomic E-state index is 13.1. The first-order chi connectivity index (χ1) is 9.36. The van der Waals surface area contributed by atoms with Gasteiger partial charge in [-0.25, -0.2) is 14.5 Å². The molecular formula is C11H7ClF3N3O2. The monoisotopic (exact) mass is 305 g/mol. The summed E-state index contributed by atoms with van der Waals surface area (Å²) in [6.45, 7) is 0. The number of methoxy groups -OCH3 is 1. The van der Waals surface area contributed by atoms with E-state index in [-0.39, 0.29) is 10.8 Å². The van der Waals surface area contributed by atoms with Crippen LogP contribution in [0.1, 0.15) is 16.1 Å². The van der Waals surface area contributed by atoms with Crippen molar-refractivity contribution < 1.29 is 22.7 Å². The zero-order chi connectivity index (χ0) is 14.9. The molecular weight excluding hydrogens is 299 g/mol. The molecule has 0 saturated heterocycles. The van der Waals surface area contributed by atoms with E-state index in [4.69, 9.17) is 11.6 Å². The third kappa shape index (κ3) is 2.46. The topological polar surface area (TPSA) is 57.0 Å².